The van der Waals surface area contributed by atoms with Gasteiger partial charge in [0.25, 0.3) is 0 Å². The normalized spacial score (nSPS) is 76.1. The number of rotatable bonds is 0. The Bertz CT molecular complexity index is 724. The van der Waals surface area contributed by atoms with Crippen LogP contribution in [0.4, 0.5) is 0 Å². The Balaban J connectivity index is 1.58. The summed E-state index contributed by atoms with van der Waals surface area (Å²) in [6.07, 6.45) is 4.26. The summed E-state index contributed by atoms with van der Waals surface area (Å²) in [5, 5.41) is 34.8. The second kappa shape index (κ2) is 3.28. The largest absolute Gasteiger partial charge is 0.392 e. The molecule has 3 heterocycles. The minimum atomic E-state index is -0.789. The van der Waals surface area contributed by atoms with Crippen molar-refractivity contribution < 1.29 is 15.3 Å². The molecule has 3 saturated heterocycles. The summed E-state index contributed by atoms with van der Waals surface area (Å²) in [6.45, 7) is 7.60. The first-order chi connectivity index (χ1) is 11.3. The molecular formula is C20H27NO3. The smallest absolute Gasteiger partial charge is 0.128 e. The van der Waals surface area contributed by atoms with Crippen LogP contribution in [0.25, 0.3) is 0 Å². The number of hydrogen-bond donors (Lipinski definition) is 3. The van der Waals surface area contributed by atoms with Crippen LogP contribution < -0.4 is 0 Å². The minimum absolute atomic E-state index is 0.0220. The molecule has 3 aliphatic heterocycles. The van der Waals surface area contributed by atoms with Gasteiger partial charge in [-0.3, -0.25) is 4.90 Å². The van der Waals surface area contributed by atoms with E-state index in [9.17, 15) is 15.3 Å². The predicted molar refractivity (Wildman–Crippen MR) is 86.6 cm³/mol. The molecule has 9 bridgehead atoms. The van der Waals surface area contributed by atoms with Gasteiger partial charge in [-0.25, -0.2) is 0 Å². The molecule has 0 radical (unpaired) electrons. The molecule has 9 fully saturated rings. The van der Waals surface area contributed by atoms with Crippen molar-refractivity contribution in [3.8, 4) is 0 Å². The zero-order valence-corrected chi connectivity index (χ0v) is 14.3. The lowest BCUT2D eigenvalue weighted by molar-refractivity contribution is -0.238. The summed E-state index contributed by atoms with van der Waals surface area (Å²) in [5.41, 5.74) is -0.169. The van der Waals surface area contributed by atoms with Crippen molar-refractivity contribution in [3.63, 3.8) is 0 Å². The molecule has 4 heteroatoms. The van der Waals surface area contributed by atoms with Crippen molar-refractivity contribution in [2.75, 3.05) is 6.54 Å². The van der Waals surface area contributed by atoms with Crippen LogP contribution in [0.15, 0.2) is 12.2 Å². The lowest BCUT2D eigenvalue weighted by Gasteiger charge is -2.65. The van der Waals surface area contributed by atoms with E-state index in [-0.39, 0.29) is 34.0 Å². The summed E-state index contributed by atoms with van der Waals surface area (Å²) >= 11 is 0. The van der Waals surface area contributed by atoms with Crippen molar-refractivity contribution in [2.24, 2.45) is 39.9 Å². The number of fused-ring (bicyclic) bond motifs is 1. The van der Waals surface area contributed by atoms with Crippen molar-refractivity contribution in [1.29, 1.82) is 0 Å². The van der Waals surface area contributed by atoms with Gasteiger partial charge >= 0.3 is 0 Å². The van der Waals surface area contributed by atoms with E-state index in [1.54, 1.807) is 0 Å². The monoisotopic (exact) mass is 329 g/mol. The van der Waals surface area contributed by atoms with Crippen LogP contribution in [0.2, 0.25) is 0 Å². The van der Waals surface area contributed by atoms with Crippen LogP contribution in [0.1, 0.15) is 39.0 Å². The second-order valence-corrected chi connectivity index (χ2v) is 10.6. The third-order valence-electron chi connectivity index (χ3n) is 10.5. The van der Waals surface area contributed by atoms with Gasteiger partial charge in [0, 0.05) is 41.2 Å². The van der Waals surface area contributed by atoms with Gasteiger partial charge < -0.3 is 15.3 Å². The van der Waals surface area contributed by atoms with E-state index in [1.165, 1.54) is 6.42 Å². The third-order valence-corrected chi connectivity index (χ3v) is 10.5. The van der Waals surface area contributed by atoms with Crippen molar-refractivity contribution in [2.45, 2.75) is 63.0 Å². The van der Waals surface area contributed by atoms with Gasteiger partial charge in [-0.05, 0) is 42.6 Å². The number of aliphatic hydroxyl groups is 3. The standard InChI is InChI=1S/C20H27NO3/c1-9-10-6-12-18(16(9)23)7-11-14-17(2)4-3-5-19(14,15(18)13(10)22)20(12,24)21(11)8-17/h10-16,22-24H,1,3-8H2,2H3/t10-,11+,12?,13+,14-,15-,16-,17+,18-,19+,20?/m1/s1. The average Bonchev–Trinajstić information content (AvgIpc) is 2.94. The van der Waals surface area contributed by atoms with Crippen LogP contribution in [0.5, 0.6) is 0 Å². The van der Waals surface area contributed by atoms with E-state index in [4.69, 9.17) is 0 Å². The van der Waals surface area contributed by atoms with Crippen LogP contribution in [0.3, 0.4) is 0 Å². The Morgan fingerprint density at radius 1 is 1.21 bits per heavy atom. The highest BCUT2D eigenvalue weighted by Crippen LogP contribution is 2.89. The fourth-order valence-electron chi connectivity index (χ4n) is 10.5. The molecular weight excluding hydrogens is 302 g/mol. The lowest BCUT2D eigenvalue weighted by Crippen LogP contribution is -2.69. The first-order valence-corrected chi connectivity index (χ1v) is 9.88. The molecule has 4 nitrogen and oxygen atoms in total. The van der Waals surface area contributed by atoms with Gasteiger partial charge in [-0.15, -0.1) is 0 Å². The molecule has 3 N–H and O–H groups in total. The van der Waals surface area contributed by atoms with Crippen molar-refractivity contribution in [3.05, 3.63) is 12.2 Å². The molecule has 6 saturated carbocycles. The van der Waals surface area contributed by atoms with Crippen LogP contribution in [-0.4, -0.2) is 50.7 Å². The van der Waals surface area contributed by atoms with Gasteiger partial charge in [0.1, 0.15) is 5.72 Å². The first-order valence-electron chi connectivity index (χ1n) is 9.88. The summed E-state index contributed by atoms with van der Waals surface area (Å²) in [7, 11) is 0. The fraction of sp³-hybridized carbons (Fsp3) is 0.900. The predicted octanol–water partition coefficient (Wildman–Crippen LogP) is 1.11. The summed E-state index contributed by atoms with van der Waals surface area (Å²) in [4.78, 5) is 2.45. The second-order valence-electron chi connectivity index (χ2n) is 10.6. The van der Waals surface area contributed by atoms with Gasteiger partial charge in [-0.2, -0.15) is 0 Å². The minimum Gasteiger partial charge on any atom is -0.392 e. The number of nitrogens with zero attached hydrogens (tertiary/aromatic N) is 1. The topological polar surface area (TPSA) is 63.9 Å². The Morgan fingerprint density at radius 2 is 2.00 bits per heavy atom. The molecule has 3 unspecified atom stereocenters. The van der Waals surface area contributed by atoms with E-state index < -0.39 is 17.9 Å². The van der Waals surface area contributed by atoms with E-state index in [1.807, 2.05) is 0 Å². The van der Waals surface area contributed by atoms with Crippen LogP contribution >= 0.6 is 0 Å². The molecule has 130 valence electrons. The van der Waals surface area contributed by atoms with Crippen LogP contribution in [-0.2, 0) is 0 Å². The Morgan fingerprint density at radius 3 is 2.79 bits per heavy atom. The fourth-order valence-corrected chi connectivity index (χ4v) is 10.5. The van der Waals surface area contributed by atoms with Crippen molar-refractivity contribution in [1.82, 2.24) is 4.90 Å². The SMILES string of the molecule is C=C1[C@H]2CC3C4(O)N5C[C@]6(C)CCC[C@@]47[C@@H]6[C@@H]5C[C@]3([C@@H]1O)[C@H]7[C@H]2O. The molecule has 12 atom stereocenters. The molecule has 9 aliphatic rings. The maximum absolute atomic E-state index is 12.2. The zero-order chi connectivity index (χ0) is 16.4. The molecule has 0 aromatic rings. The van der Waals surface area contributed by atoms with E-state index >= 15 is 0 Å². The van der Waals surface area contributed by atoms with Gasteiger partial charge in [0.15, 0.2) is 0 Å². The highest BCUT2D eigenvalue weighted by molar-refractivity contribution is 5.45. The number of piperidine rings is 2. The maximum atomic E-state index is 12.2. The summed E-state index contributed by atoms with van der Waals surface area (Å²) < 4.78 is 0. The van der Waals surface area contributed by atoms with E-state index in [0.29, 0.717) is 12.0 Å². The molecule has 0 amide bonds. The highest BCUT2D eigenvalue weighted by Gasteiger charge is 2.94. The summed E-state index contributed by atoms with van der Waals surface area (Å²) in [5.74, 6) is 0.656. The third kappa shape index (κ3) is 0.869. The van der Waals surface area contributed by atoms with E-state index in [0.717, 1.165) is 37.8 Å². The molecule has 24 heavy (non-hydrogen) atoms. The number of aliphatic hydroxyl groups excluding tert-OH is 2. The average molecular weight is 329 g/mol. The van der Waals surface area contributed by atoms with Crippen molar-refractivity contribution >= 4 is 0 Å². The lowest BCUT2D eigenvalue weighted by atomic mass is 9.39. The highest BCUT2D eigenvalue weighted by atomic mass is 16.3. The molecule has 0 aromatic carbocycles. The van der Waals surface area contributed by atoms with E-state index in [2.05, 4.69) is 18.4 Å². The summed E-state index contributed by atoms with van der Waals surface area (Å²) in [6, 6.07) is 0.400. The Kier molecular flexibility index (Phi) is 1.88. The molecule has 9 rings (SSSR count). The quantitative estimate of drug-likeness (QED) is 0.583. The van der Waals surface area contributed by atoms with Gasteiger partial charge in [0.05, 0.1) is 12.2 Å². The zero-order valence-electron chi connectivity index (χ0n) is 14.3. The van der Waals surface area contributed by atoms with Gasteiger partial charge in [-0.1, -0.05) is 19.9 Å². The Labute approximate surface area is 142 Å². The maximum Gasteiger partial charge on any atom is 0.128 e. The first kappa shape index (κ1) is 13.7. The number of hydrogen-bond acceptors (Lipinski definition) is 4. The molecule has 0 aromatic heterocycles. The molecule has 2 spiro atoms. The van der Waals surface area contributed by atoms with Gasteiger partial charge in [0.2, 0.25) is 0 Å². The Hall–Kier alpha value is -0.420. The van der Waals surface area contributed by atoms with Crippen LogP contribution in [0, 0.1) is 39.9 Å². The molecule has 6 aliphatic carbocycles.